The first kappa shape index (κ1) is 22.1. The van der Waals surface area contributed by atoms with Gasteiger partial charge in [0.2, 0.25) is 5.89 Å². The Morgan fingerprint density at radius 3 is 2.41 bits per heavy atom. The van der Waals surface area contributed by atoms with E-state index in [1.165, 1.54) is 18.0 Å². The van der Waals surface area contributed by atoms with Crippen molar-refractivity contribution in [3.63, 3.8) is 0 Å². The molecule has 1 aliphatic heterocycles. The van der Waals surface area contributed by atoms with Crippen molar-refractivity contribution in [2.45, 2.75) is 19.1 Å². The summed E-state index contributed by atoms with van der Waals surface area (Å²) >= 11 is 7.41. The predicted molar refractivity (Wildman–Crippen MR) is 120 cm³/mol. The number of carbonyl (C=O) groups excluding carboxylic acids is 3. The third kappa shape index (κ3) is 4.42. The van der Waals surface area contributed by atoms with E-state index in [1.807, 2.05) is 6.26 Å². The minimum atomic E-state index is -1.03. The van der Waals surface area contributed by atoms with Crippen molar-refractivity contribution < 1.29 is 23.5 Å². The molecule has 164 valence electrons. The van der Waals surface area contributed by atoms with Crippen LogP contribution >= 0.6 is 23.4 Å². The molecule has 0 saturated heterocycles. The zero-order chi connectivity index (χ0) is 22.7. The smallest absolute Gasteiger partial charge is 0.329 e. The van der Waals surface area contributed by atoms with Crippen LogP contribution in [0.3, 0.4) is 0 Å². The number of fused-ring (bicyclic) bond motifs is 1. The van der Waals surface area contributed by atoms with E-state index in [2.05, 4.69) is 4.98 Å². The van der Waals surface area contributed by atoms with Gasteiger partial charge in [-0.15, -0.1) is 0 Å². The molecule has 2 amide bonds. The standard InChI is InChI=1S/C23H19ClN2O5S/c1-32-11-10-18(26-21(27)16-4-2-3-5-17(16)22(26)28)23(29)30-13-20-25-12-19(31-20)14-6-8-15(24)9-7-14/h2-9,12,18H,10-11,13H2,1H3. The Hall–Kier alpha value is -3.10. The molecular weight excluding hydrogens is 452 g/mol. The summed E-state index contributed by atoms with van der Waals surface area (Å²) in [6.45, 7) is -0.217. The van der Waals surface area contributed by atoms with Gasteiger partial charge in [-0.2, -0.15) is 11.8 Å². The van der Waals surface area contributed by atoms with Crippen molar-refractivity contribution >= 4 is 41.1 Å². The lowest BCUT2D eigenvalue weighted by Gasteiger charge is -2.24. The van der Waals surface area contributed by atoms with Crippen LogP contribution in [0.25, 0.3) is 11.3 Å². The summed E-state index contributed by atoms with van der Waals surface area (Å²) in [6.07, 6.45) is 3.70. The first-order chi connectivity index (χ1) is 15.5. The van der Waals surface area contributed by atoms with Crippen LogP contribution in [0.15, 0.2) is 59.1 Å². The molecule has 0 spiro atoms. The maximum Gasteiger partial charge on any atom is 0.329 e. The Labute approximate surface area is 193 Å². The van der Waals surface area contributed by atoms with Gasteiger partial charge in [0.25, 0.3) is 11.8 Å². The summed E-state index contributed by atoms with van der Waals surface area (Å²) < 4.78 is 11.0. The van der Waals surface area contributed by atoms with E-state index in [-0.39, 0.29) is 18.9 Å². The topological polar surface area (TPSA) is 89.7 Å². The average Bonchev–Trinajstić information content (AvgIpc) is 3.37. The molecule has 0 bridgehead atoms. The molecule has 9 heteroatoms. The Morgan fingerprint density at radius 2 is 1.78 bits per heavy atom. The average molecular weight is 471 g/mol. The third-order valence-electron chi connectivity index (χ3n) is 5.02. The van der Waals surface area contributed by atoms with Crippen molar-refractivity contribution in [2.75, 3.05) is 12.0 Å². The first-order valence-electron chi connectivity index (χ1n) is 9.82. The van der Waals surface area contributed by atoms with E-state index in [0.717, 1.165) is 10.5 Å². The molecule has 32 heavy (non-hydrogen) atoms. The second-order valence-electron chi connectivity index (χ2n) is 7.06. The van der Waals surface area contributed by atoms with Gasteiger partial charge in [-0.25, -0.2) is 9.78 Å². The molecule has 2 aromatic carbocycles. The number of ether oxygens (including phenoxy) is 1. The zero-order valence-electron chi connectivity index (χ0n) is 17.1. The van der Waals surface area contributed by atoms with Crippen molar-refractivity contribution in [2.24, 2.45) is 0 Å². The summed E-state index contributed by atoms with van der Waals surface area (Å²) in [4.78, 5) is 43.7. The van der Waals surface area contributed by atoms with E-state index in [4.69, 9.17) is 20.8 Å². The van der Waals surface area contributed by atoms with E-state index in [0.29, 0.717) is 27.7 Å². The van der Waals surface area contributed by atoms with E-state index >= 15 is 0 Å². The highest BCUT2D eigenvalue weighted by atomic mass is 35.5. The SMILES string of the molecule is CSCCC(C(=O)OCc1ncc(-c2ccc(Cl)cc2)o1)N1C(=O)c2ccccc2C1=O. The fraction of sp³-hybridized carbons (Fsp3) is 0.217. The van der Waals surface area contributed by atoms with E-state index < -0.39 is 23.8 Å². The van der Waals surface area contributed by atoms with Gasteiger partial charge >= 0.3 is 5.97 Å². The molecule has 0 radical (unpaired) electrons. The lowest BCUT2D eigenvalue weighted by molar-refractivity contribution is -0.150. The molecule has 1 aliphatic rings. The number of nitrogens with zero attached hydrogens (tertiary/aromatic N) is 2. The quantitative estimate of drug-likeness (QED) is 0.354. The Kier molecular flexibility index (Phi) is 6.62. The van der Waals surface area contributed by atoms with Crippen molar-refractivity contribution in [1.29, 1.82) is 0 Å². The molecule has 1 aromatic heterocycles. The number of oxazole rings is 1. The minimum Gasteiger partial charge on any atom is -0.454 e. The summed E-state index contributed by atoms with van der Waals surface area (Å²) in [5.41, 5.74) is 1.36. The van der Waals surface area contributed by atoms with Gasteiger partial charge in [0, 0.05) is 10.6 Å². The van der Waals surface area contributed by atoms with Crippen LogP contribution in [0.4, 0.5) is 0 Å². The van der Waals surface area contributed by atoms with Gasteiger partial charge in [-0.1, -0.05) is 23.7 Å². The minimum absolute atomic E-state index is 0.203. The molecule has 4 rings (SSSR count). The lowest BCUT2D eigenvalue weighted by Crippen LogP contribution is -2.46. The van der Waals surface area contributed by atoms with E-state index in [1.54, 1.807) is 48.5 Å². The molecule has 7 nitrogen and oxygen atoms in total. The van der Waals surface area contributed by atoms with Gasteiger partial charge in [0.15, 0.2) is 12.4 Å². The van der Waals surface area contributed by atoms with Gasteiger partial charge < -0.3 is 9.15 Å². The Bertz CT molecular complexity index is 1130. The number of imide groups is 1. The highest BCUT2D eigenvalue weighted by Gasteiger charge is 2.43. The number of esters is 1. The zero-order valence-corrected chi connectivity index (χ0v) is 18.7. The highest BCUT2D eigenvalue weighted by molar-refractivity contribution is 7.98. The maximum absolute atomic E-state index is 12.9. The Morgan fingerprint density at radius 1 is 1.12 bits per heavy atom. The number of aromatic nitrogens is 1. The van der Waals surface area contributed by atoms with Crippen LogP contribution in [0.5, 0.6) is 0 Å². The number of carbonyl (C=O) groups is 3. The number of hydrogen-bond acceptors (Lipinski definition) is 7. The fourth-order valence-electron chi connectivity index (χ4n) is 3.43. The van der Waals surface area contributed by atoms with Gasteiger partial charge in [-0.05, 0) is 54.8 Å². The summed E-state index contributed by atoms with van der Waals surface area (Å²) in [7, 11) is 0. The van der Waals surface area contributed by atoms with Crippen molar-refractivity contribution in [3.8, 4) is 11.3 Å². The van der Waals surface area contributed by atoms with Crippen LogP contribution in [-0.4, -0.2) is 45.7 Å². The normalized spacial score (nSPS) is 13.9. The summed E-state index contributed by atoms with van der Waals surface area (Å²) in [5.74, 6) is -0.377. The molecule has 0 fully saturated rings. The molecule has 0 aliphatic carbocycles. The van der Waals surface area contributed by atoms with Crippen molar-refractivity contribution in [1.82, 2.24) is 9.88 Å². The number of rotatable bonds is 8. The molecule has 0 N–H and O–H groups in total. The molecule has 3 aromatic rings. The molecular formula is C23H19ClN2O5S. The first-order valence-corrected chi connectivity index (χ1v) is 11.6. The highest BCUT2D eigenvalue weighted by Crippen LogP contribution is 2.27. The van der Waals surface area contributed by atoms with Gasteiger partial charge in [-0.3, -0.25) is 14.5 Å². The van der Waals surface area contributed by atoms with Crippen LogP contribution in [0.2, 0.25) is 5.02 Å². The number of halogens is 1. The summed E-state index contributed by atoms with van der Waals surface area (Å²) in [6, 6.07) is 12.6. The van der Waals surface area contributed by atoms with Crippen LogP contribution in [0, 0.1) is 0 Å². The fourth-order valence-corrected chi connectivity index (χ4v) is 4.01. The number of thioether (sulfide) groups is 1. The molecule has 2 heterocycles. The maximum atomic E-state index is 12.9. The number of amides is 2. The summed E-state index contributed by atoms with van der Waals surface area (Å²) in [5, 5.41) is 0.604. The van der Waals surface area contributed by atoms with Gasteiger partial charge in [0.1, 0.15) is 6.04 Å². The van der Waals surface area contributed by atoms with Crippen molar-refractivity contribution in [3.05, 3.63) is 76.8 Å². The van der Waals surface area contributed by atoms with Crippen LogP contribution < -0.4 is 0 Å². The van der Waals surface area contributed by atoms with Gasteiger partial charge in [0.05, 0.1) is 17.3 Å². The molecule has 1 atom stereocenters. The van der Waals surface area contributed by atoms with Crippen LogP contribution in [0.1, 0.15) is 33.0 Å². The predicted octanol–water partition coefficient (Wildman–Crippen LogP) is 4.46. The number of benzene rings is 2. The second-order valence-corrected chi connectivity index (χ2v) is 8.48. The monoisotopic (exact) mass is 470 g/mol. The second kappa shape index (κ2) is 9.58. The number of hydrogen-bond donors (Lipinski definition) is 0. The lowest BCUT2D eigenvalue weighted by atomic mass is 10.1. The molecule has 0 saturated carbocycles. The Balaban J connectivity index is 1.47. The van der Waals surface area contributed by atoms with E-state index in [9.17, 15) is 14.4 Å². The third-order valence-corrected chi connectivity index (χ3v) is 5.92. The largest absolute Gasteiger partial charge is 0.454 e. The molecule has 1 unspecified atom stereocenters. The van der Waals surface area contributed by atoms with Crippen LogP contribution in [-0.2, 0) is 16.1 Å².